The minimum Gasteiger partial charge on any atom is -0.371 e. The van der Waals surface area contributed by atoms with Crippen LogP contribution in [0.3, 0.4) is 0 Å². The lowest BCUT2D eigenvalue weighted by Crippen LogP contribution is -2.32. The van der Waals surface area contributed by atoms with Gasteiger partial charge in [-0.2, -0.15) is 0 Å². The Hall–Kier alpha value is -1.94. The van der Waals surface area contributed by atoms with Crippen molar-refractivity contribution < 1.29 is 4.39 Å². The largest absolute Gasteiger partial charge is 0.371 e. The summed E-state index contributed by atoms with van der Waals surface area (Å²) in [7, 11) is 0. The van der Waals surface area contributed by atoms with Gasteiger partial charge in [0, 0.05) is 55.1 Å². The highest BCUT2D eigenvalue weighted by Crippen LogP contribution is 2.42. The number of nitrogens with zero attached hydrogens (tertiary/aromatic N) is 3. The van der Waals surface area contributed by atoms with Gasteiger partial charge in [-0.1, -0.05) is 6.07 Å². The highest BCUT2D eigenvalue weighted by molar-refractivity contribution is 5.48. The van der Waals surface area contributed by atoms with Crippen molar-refractivity contribution >= 4 is 5.69 Å². The van der Waals surface area contributed by atoms with Gasteiger partial charge in [0.05, 0.1) is 0 Å². The van der Waals surface area contributed by atoms with Crippen molar-refractivity contribution in [2.24, 2.45) is 5.41 Å². The zero-order valence-corrected chi connectivity index (χ0v) is 15.2. The molecule has 2 unspecified atom stereocenters. The van der Waals surface area contributed by atoms with Crippen molar-refractivity contribution in [1.82, 2.24) is 9.88 Å². The Balaban J connectivity index is 1.23. The first-order valence-electron chi connectivity index (χ1n) is 9.88. The predicted molar refractivity (Wildman–Crippen MR) is 102 cm³/mol. The van der Waals surface area contributed by atoms with E-state index in [0.717, 1.165) is 25.3 Å². The summed E-state index contributed by atoms with van der Waals surface area (Å²) in [5, 5.41) is 0. The Morgan fingerprint density at radius 1 is 1.08 bits per heavy atom. The van der Waals surface area contributed by atoms with Gasteiger partial charge in [0.25, 0.3) is 0 Å². The van der Waals surface area contributed by atoms with Gasteiger partial charge in [-0.25, -0.2) is 4.39 Å². The number of aromatic nitrogens is 1. The molecule has 0 N–H and O–H groups in total. The molecule has 1 aromatic heterocycles. The van der Waals surface area contributed by atoms with Crippen LogP contribution in [0.25, 0.3) is 0 Å². The van der Waals surface area contributed by atoms with Crippen LogP contribution in [-0.2, 0) is 6.42 Å². The Bertz CT molecular complexity index is 790. The van der Waals surface area contributed by atoms with Crippen molar-refractivity contribution in [3.63, 3.8) is 0 Å². The summed E-state index contributed by atoms with van der Waals surface area (Å²) in [4.78, 5) is 9.77. The van der Waals surface area contributed by atoms with Crippen molar-refractivity contribution in [1.29, 1.82) is 0 Å². The summed E-state index contributed by atoms with van der Waals surface area (Å²) in [6.07, 6.45) is 6.91. The maximum atomic E-state index is 13.2. The fraction of sp³-hybridized carbons (Fsp3) is 0.500. The monoisotopic (exact) mass is 351 g/mol. The number of halogens is 1. The van der Waals surface area contributed by atoms with Crippen LogP contribution in [0.5, 0.6) is 0 Å². The van der Waals surface area contributed by atoms with Gasteiger partial charge in [-0.15, -0.1) is 0 Å². The Kier molecular flexibility index (Phi) is 3.96. The molecule has 1 spiro atoms. The number of rotatable bonds is 3. The normalized spacial score (nSPS) is 28.2. The molecule has 4 heteroatoms. The molecule has 2 atom stereocenters. The molecule has 2 aromatic rings. The molecule has 136 valence electrons. The van der Waals surface area contributed by atoms with Crippen molar-refractivity contribution in [2.75, 3.05) is 37.6 Å². The predicted octanol–water partition coefficient (Wildman–Crippen LogP) is 3.85. The lowest BCUT2D eigenvalue weighted by Gasteiger charge is -2.26. The van der Waals surface area contributed by atoms with Crippen LogP contribution in [0.4, 0.5) is 10.1 Å². The first-order chi connectivity index (χ1) is 12.7. The van der Waals surface area contributed by atoms with E-state index in [4.69, 9.17) is 0 Å². The number of hydrogen-bond acceptors (Lipinski definition) is 3. The molecule has 0 radical (unpaired) electrons. The minimum atomic E-state index is -0.153. The molecule has 2 aliphatic heterocycles. The molecule has 3 aliphatic rings. The SMILES string of the molecule is Fc1ccc(N2CCC3(CCN(CC4CCc5cccnc54)C3)C2)cc1. The standard InChI is InChI=1S/C22H26FN3/c23-19-5-7-20(8-6-19)26-13-10-22(16-26)9-12-25(15-22)14-18-4-3-17-2-1-11-24-21(17)18/h1-2,5-8,11,18H,3-4,9-10,12-16H2. The quantitative estimate of drug-likeness (QED) is 0.837. The average molecular weight is 351 g/mol. The fourth-order valence-electron chi connectivity index (χ4n) is 5.31. The molecule has 3 heterocycles. The van der Waals surface area contributed by atoms with Crippen LogP contribution in [0.1, 0.15) is 36.4 Å². The smallest absolute Gasteiger partial charge is 0.123 e. The van der Waals surface area contributed by atoms with Crippen LogP contribution in [0.2, 0.25) is 0 Å². The van der Waals surface area contributed by atoms with E-state index < -0.39 is 0 Å². The van der Waals surface area contributed by atoms with Crippen LogP contribution >= 0.6 is 0 Å². The van der Waals surface area contributed by atoms with E-state index in [0.29, 0.717) is 11.3 Å². The fourth-order valence-corrected chi connectivity index (χ4v) is 5.31. The van der Waals surface area contributed by atoms with Gasteiger partial charge >= 0.3 is 0 Å². The third-order valence-corrected chi connectivity index (χ3v) is 6.70. The van der Waals surface area contributed by atoms with Crippen molar-refractivity contribution in [3.8, 4) is 0 Å². The van der Waals surface area contributed by atoms with E-state index in [1.165, 1.54) is 50.0 Å². The van der Waals surface area contributed by atoms with Crippen molar-refractivity contribution in [2.45, 2.75) is 31.6 Å². The summed E-state index contributed by atoms with van der Waals surface area (Å²) in [5.74, 6) is 0.455. The second kappa shape index (κ2) is 6.34. The second-order valence-corrected chi connectivity index (χ2v) is 8.42. The van der Waals surface area contributed by atoms with E-state index in [1.807, 2.05) is 18.3 Å². The summed E-state index contributed by atoms with van der Waals surface area (Å²) in [5.41, 5.74) is 4.37. The number of hydrogen-bond donors (Lipinski definition) is 0. The zero-order chi connectivity index (χ0) is 17.6. The van der Waals surface area contributed by atoms with E-state index >= 15 is 0 Å². The van der Waals surface area contributed by atoms with Gasteiger partial charge in [0.2, 0.25) is 0 Å². The highest BCUT2D eigenvalue weighted by atomic mass is 19.1. The molecular formula is C22H26FN3. The molecule has 26 heavy (non-hydrogen) atoms. The van der Waals surface area contributed by atoms with E-state index in [2.05, 4.69) is 26.9 Å². The molecule has 2 saturated heterocycles. The van der Waals surface area contributed by atoms with Crippen LogP contribution < -0.4 is 4.90 Å². The molecular weight excluding hydrogens is 325 g/mol. The molecule has 1 aliphatic carbocycles. The number of likely N-dealkylation sites (tertiary alicyclic amines) is 1. The van der Waals surface area contributed by atoms with E-state index in [9.17, 15) is 4.39 Å². The second-order valence-electron chi connectivity index (χ2n) is 8.42. The highest BCUT2D eigenvalue weighted by Gasteiger charge is 2.44. The Labute approximate surface area is 154 Å². The Morgan fingerprint density at radius 3 is 2.81 bits per heavy atom. The maximum absolute atomic E-state index is 13.2. The molecule has 0 bridgehead atoms. The number of fused-ring (bicyclic) bond motifs is 1. The van der Waals surface area contributed by atoms with Crippen LogP contribution in [0, 0.1) is 11.2 Å². The topological polar surface area (TPSA) is 19.4 Å². The Morgan fingerprint density at radius 2 is 1.92 bits per heavy atom. The minimum absolute atomic E-state index is 0.153. The lowest BCUT2D eigenvalue weighted by molar-refractivity contribution is 0.261. The third-order valence-electron chi connectivity index (χ3n) is 6.70. The first-order valence-corrected chi connectivity index (χ1v) is 9.88. The van der Waals surface area contributed by atoms with Crippen molar-refractivity contribution in [3.05, 3.63) is 59.7 Å². The summed E-state index contributed by atoms with van der Waals surface area (Å²) in [6, 6.07) is 11.3. The maximum Gasteiger partial charge on any atom is 0.123 e. The number of anilines is 1. The molecule has 5 rings (SSSR count). The molecule has 2 fully saturated rings. The van der Waals surface area contributed by atoms with Gasteiger partial charge in [0.15, 0.2) is 0 Å². The average Bonchev–Trinajstić information content (AvgIpc) is 3.37. The summed E-state index contributed by atoms with van der Waals surface area (Å²) >= 11 is 0. The zero-order valence-electron chi connectivity index (χ0n) is 15.2. The van der Waals surface area contributed by atoms with E-state index in [-0.39, 0.29) is 5.82 Å². The number of benzene rings is 1. The first kappa shape index (κ1) is 16.2. The summed E-state index contributed by atoms with van der Waals surface area (Å²) in [6.45, 7) is 5.75. The third kappa shape index (κ3) is 2.90. The van der Waals surface area contributed by atoms with Gasteiger partial charge in [-0.05, 0) is 68.1 Å². The molecule has 0 amide bonds. The van der Waals surface area contributed by atoms with Gasteiger partial charge < -0.3 is 9.80 Å². The van der Waals surface area contributed by atoms with Crippen LogP contribution in [-0.4, -0.2) is 42.6 Å². The molecule has 3 nitrogen and oxygen atoms in total. The van der Waals surface area contributed by atoms with Gasteiger partial charge in [-0.3, -0.25) is 4.98 Å². The van der Waals surface area contributed by atoms with Crippen LogP contribution in [0.15, 0.2) is 42.6 Å². The number of aryl methyl sites for hydroxylation is 1. The van der Waals surface area contributed by atoms with Gasteiger partial charge in [0.1, 0.15) is 5.82 Å². The van der Waals surface area contributed by atoms with E-state index in [1.54, 1.807) is 12.1 Å². The summed E-state index contributed by atoms with van der Waals surface area (Å²) < 4.78 is 13.2. The number of pyridine rings is 1. The molecule has 0 saturated carbocycles. The lowest BCUT2D eigenvalue weighted by atomic mass is 9.86. The molecule has 1 aromatic carbocycles.